The van der Waals surface area contributed by atoms with Crippen LogP contribution in [0.4, 0.5) is 0 Å². The van der Waals surface area contributed by atoms with Gasteiger partial charge in [0.25, 0.3) is 0 Å². The molecule has 4 aliphatic rings. The summed E-state index contributed by atoms with van der Waals surface area (Å²) in [7, 11) is -3.95. The molecule has 31 heavy (non-hydrogen) atoms. The summed E-state index contributed by atoms with van der Waals surface area (Å²) >= 11 is 6.08. The summed E-state index contributed by atoms with van der Waals surface area (Å²) in [6.45, 7) is 4.74. The molecular formula is C22H30ClN3O4S. The summed E-state index contributed by atoms with van der Waals surface area (Å²) in [5, 5.41) is 3.46. The van der Waals surface area contributed by atoms with Crippen LogP contribution in [0.1, 0.15) is 51.5 Å². The number of nitrogens with two attached hydrogens (primary N) is 1. The van der Waals surface area contributed by atoms with Gasteiger partial charge in [0.15, 0.2) is 0 Å². The largest absolute Gasteiger partial charge is 0.369 e. The Bertz CT molecular complexity index is 1020. The number of amides is 2. The van der Waals surface area contributed by atoms with E-state index in [4.69, 9.17) is 17.3 Å². The van der Waals surface area contributed by atoms with Gasteiger partial charge in [-0.1, -0.05) is 17.7 Å². The van der Waals surface area contributed by atoms with Crippen molar-refractivity contribution in [2.45, 2.75) is 69.4 Å². The molecule has 170 valence electrons. The lowest BCUT2D eigenvalue weighted by Crippen LogP contribution is -2.65. The number of sulfonamides is 1. The molecule has 9 heteroatoms. The molecule has 0 radical (unpaired) electrons. The van der Waals surface area contributed by atoms with E-state index in [2.05, 4.69) is 10.0 Å². The molecule has 1 aromatic carbocycles. The van der Waals surface area contributed by atoms with Crippen molar-refractivity contribution < 1.29 is 18.0 Å². The van der Waals surface area contributed by atoms with Gasteiger partial charge in [-0.15, -0.1) is 0 Å². The van der Waals surface area contributed by atoms with Crippen LogP contribution in [0, 0.1) is 30.1 Å². The van der Waals surface area contributed by atoms with Gasteiger partial charge in [-0.3, -0.25) is 9.59 Å². The SMILES string of the molecule is Cc1c(Cl)cccc1S(=O)(=O)NC(C)(C)C(=O)NC1C2CC3CC1CC(C(N)=O)(C3)C2. The van der Waals surface area contributed by atoms with Crippen molar-refractivity contribution in [1.29, 1.82) is 0 Å². The predicted molar refractivity (Wildman–Crippen MR) is 118 cm³/mol. The maximum absolute atomic E-state index is 13.2. The number of hydrogen-bond acceptors (Lipinski definition) is 4. The molecule has 1 aromatic rings. The molecule has 0 aliphatic heterocycles. The second-order valence-electron chi connectivity index (χ2n) is 10.2. The third kappa shape index (κ3) is 3.87. The molecule has 0 aromatic heterocycles. The van der Waals surface area contributed by atoms with Gasteiger partial charge in [0.1, 0.15) is 5.54 Å². The molecule has 4 fully saturated rings. The van der Waals surface area contributed by atoms with Crippen molar-refractivity contribution in [3.05, 3.63) is 28.8 Å². The number of rotatable bonds is 6. The van der Waals surface area contributed by atoms with Crippen LogP contribution in [0.15, 0.2) is 23.1 Å². The van der Waals surface area contributed by atoms with Gasteiger partial charge in [0, 0.05) is 16.5 Å². The van der Waals surface area contributed by atoms with Crippen LogP contribution in [0.5, 0.6) is 0 Å². The van der Waals surface area contributed by atoms with E-state index in [1.165, 1.54) is 6.07 Å². The molecule has 4 aliphatic carbocycles. The molecular weight excluding hydrogens is 438 g/mol. The summed E-state index contributed by atoms with van der Waals surface area (Å²) in [5.74, 6) is 0.286. The van der Waals surface area contributed by atoms with E-state index in [9.17, 15) is 18.0 Å². The maximum Gasteiger partial charge on any atom is 0.241 e. The fraction of sp³-hybridized carbons (Fsp3) is 0.636. The first-order chi connectivity index (χ1) is 14.3. The Labute approximate surface area is 188 Å². The average molecular weight is 468 g/mol. The third-order valence-corrected chi connectivity index (χ3v) is 9.77. The molecule has 4 N–H and O–H groups in total. The lowest BCUT2D eigenvalue weighted by molar-refractivity contribution is -0.148. The molecule has 7 nitrogen and oxygen atoms in total. The topological polar surface area (TPSA) is 118 Å². The van der Waals surface area contributed by atoms with Gasteiger partial charge < -0.3 is 11.1 Å². The van der Waals surface area contributed by atoms with Gasteiger partial charge in [0.05, 0.1) is 4.90 Å². The lowest BCUT2D eigenvalue weighted by Gasteiger charge is -2.59. The smallest absolute Gasteiger partial charge is 0.241 e. The molecule has 4 saturated carbocycles. The Morgan fingerprint density at radius 3 is 2.35 bits per heavy atom. The quantitative estimate of drug-likeness (QED) is 0.595. The van der Waals surface area contributed by atoms with Crippen molar-refractivity contribution in [3.63, 3.8) is 0 Å². The van der Waals surface area contributed by atoms with E-state index in [-0.39, 0.29) is 34.6 Å². The number of primary amides is 1. The van der Waals surface area contributed by atoms with Crippen LogP contribution in [0.2, 0.25) is 5.02 Å². The first kappa shape index (κ1) is 22.6. The second kappa shape index (κ2) is 7.46. The summed E-state index contributed by atoms with van der Waals surface area (Å²) in [5.41, 5.74) is 4.39. The highest BCUT2D eigenvalue weighted by Crippen LogP contribution is 2.59. The first-order valence-corrected chi connectivity index (χ1v) is 12.6. The molecule has 0 spiro atoms. The Balaban J connectivity index is 1.50. The third-order valence-electron chi connectivity index (χ3n) is 7.56. The van der Waals surface area contributed by atoms with E-state index in [0.29, 0.717) is 29.3 Å². The van der Waals surface area contributed by atoms with Crippen LogP contribution in [-0.2, 0) is 19.6 Å². The number of carbonyl (C=O) groups excluding carboxylic acids is 2. The van der Waals surface area contributed by atoms with Crippen molar-refractivity contribution >= 4 is 33.4 Å². The zero-order valence-electron chi connectivity index (χ0n) is 18.1. The normalized spacial score (nSPS) is 32.1. The molecule has 2 atom stereocenters. The molecule has 2 unspecified atom stereocenters. The summed E-state index contributed by atoms with van der Waals surface area (Å²) in [4.78, 5) is 25.4. The Hall–Kier alpha value is -1.64. The molecule has 5 rings (SSSR count). The van der Waals surface area contributed by atoms with Crippen molar-refractivity contribution in [3.8, 4) is 0 Å². The van der Waals surface area contributed by atoms with Crippen molar-refractivity contribution in [2.75, 3.05) is 0 Å². The van der Waals surface area contributed by atoms with E-state index in [1.807, 2.05) is 0 Å². The molecule has 2 amide bonds. The minimum atomic E-state index is -3.95. The molecule has 0 saturated heterocycles. The highest BCUT2D eigenvalue weighted by molar-refractivity contribution is 7.89. The van der Waals surface area contributed by atoms with Gasteiger partial charge in [0.2, 0.25) is 21.8 Å². The summed E-state index contributed by atoms with van der Waals surface area (Å²) in [6, 6.07) is 4.60. The number of benzene rings is 1. The Morgan fingerprint density at radius 2 is 1.77 bits per heavy atom. The maximum atomic E-state index is 13.2. The molecule has 4 bridgehead atoms. The Kier molecular flexibility index (Phi) is 5.42. The molecule has 0 heterocycles. The van der Waals surface area contributed by atoms with Crippen LogP contribution in [0.3, 0.4) is 0 Å². The van der Waals surface area contributed by atoms with Crippen LogP contribution in [-0.4, -0.2) is 31.8 Å². The van der Waals surface area contributed by atoms with E-state index in [0.717, 1.165) is 19.3 Å². The van der Waals surface area contributed by atoms with Gasteiger partial charge >= 0.3 is 0 Å². The van der Waals surface area contributed by atoms with Crippen LogP contribution >= 0.6 is 11.6 Å². The highest BCUT2D eigenvalue weighted by Gasteiger charge is 2.58. The summed E-state index contributed by atoms with van der Waals surface area (Å²) in [6.07, 6.45) is 4.22. The van der Waals surface area contributed by atoms with E-state index >= 15 is 0 Å². The van der Waals surface area contributed by atoms with Gasteiger partial charge in [-0.05, 0) is 88.3 Å². The fourth-order valence-corrected chi connectivity index (χ4v) is 8.09. The fourth-order valence-electron chi connectivity index (χ4n) is 6.21. The van der Waals surface area contributed by atoms with Gasteiger partial charge in [-0.2, -0.15) is 4.72 Å². The predicted octanol–water partition coefficient (Wildman–Crippen LogP) is 2.50. The second-order valence-corrected chi connectivity index (χ2v) is 12.3. The zero-order valence-corrected chi connectivity index (χ0v) is 19.6. The minimum Gasteiger partial charge on any atom is -0.369 e. The monoisotopic (exact) mass is 467 g/mol. The minimum absolute atomic E-state index is 0.0545. The zero-order chi connectivity index (χ0) is 22.8. The number of nitrogens with one attached hydrogen (secondary N) is 2. The van der Waals surface area contributed by atoms with Crippen LogP contribution < -0.4 is 15.8 Å². The number of carbonyl (C=O) groups is 2. The van der Waals surface area contributed by atoms with Gasteiger partial charge in [-0.25, -0.2) is 8.42 Å². The Morgan fingerprint density at radius 1 is 1.16 bits per heavy atom. The first-order valence-electron chi connectivity index (χ1n) is 10.7. The van der Waals surface area contributed by atoms with Crippen molar-refractivity contribution in [1.82, 2.24) is 10.0 Å². The standard InChI is InChI=1S/C22H30ClN3O4S/c1-12-16(23)5-4-6-17(12)31(29,30)26-21(2,3)20(28)25-18-14-7-13-8-15(18)11-22(9-13,10-14)19(24)27/h4-6,13-15,18,26H,7-11H2,1-3H3,(H2,24,27)(H,25,28). The summed E-state index contributed by atoms with van der Waals surface area (Å²) < 4.78 is 28.5. The van der Waals surface area contributed by atoms with Crippen LogP contribution in [0.25, 0.3) is 0 Å². The average Bonchev–Trinajstić information content (AvgIpc) is 2.65. The number of hydrogen-bond donors (Lipinski definition) is 3. The van der Waals surface area contributed by atoms with Crippen molar-refractivity contribution in [2.24, 2.45) is 28.9 Å². The lowest BCUT2D eigenvalue weighted by atomic mass is 9.47. The van der Waals surface area contributed by atoms with E-state index < -0.39 is 21.0 Å². The van der Waals surface area contributed by atoms with E-state index in [1.54, 1.807) is 32.9 Å². The highest BCUT2D eigenvalue weighted by atomic mass is 35.5. The number of halogens is 1.